The number of H-pyrrole nitrogens is 1. The number of anilines is 1. The largest absolute Gasteiger partial charge is 0.494 e. The number of fused-ring (bicyclic) bond motifs is 1. The lowest BCUT2D eigenvalue weighted by atomic mass is 9.96. The molecule has 0 radical (unpaired) electrons. The fourth-order valence-corrected chi connectivity index (χ4v) is 4.01. The Morgan fingerprint density at radius 1 is 1.18 bits per heavy atom. The first-order valence-corrected chi connectivity index (χ1v) is 10.3. The highest BCUT2D eigenvalue weighted by atomic mass is 16.5. The van der Waals surface area contributed by atoms with Gasteiger partial charge >= 0.3 is 0 Å². The van der Waals surface area contributed by atoms with Crippen molar-refractivity contribution in [1.82, 2.24) is 14.6 Å². The third-order valence-electron chi connectivity index (χ3n) is 5.46. The van der Waals surface area contributed by atoms with E-state index in [1.54, 1.807) is 6.20 Å². The summed E-state index contributed by atoms with van der Waals surface area (Å²) >= 11 is 0. The SMILES string of the molecule is CCOc1ccc(-c2nc3c(C#N)c[nH]n3c2NC2CCCCCCC2)cc1. The first-order chi connectivity index (χ1) is 13.8. The second-order valence-corrected chi connectivity index (χ2v) is 7.41. The lowest BCUT2D eigenvalue weighted by molar-refractivity contribution is 0.340. The molecule has 1 fully saturated rings. The molecule has 0 unspecified atom stereocenters. The van der Waals surface area contributed by atoms with Crippen LogP contribution in [0, 0.1) is 11.3 Å². The van der Waals surface area contributed by atoms with Crippen molar-refractivity contribution in [1.29, 1.82) is 5.26 Å². The van der Waals surface area contributed by atoms with Crippen molar-refractivity contribution in [2.75, 3.05) is 11.9 Å². The number of aromatic nitrogens is 3. The monoisotopic (exact) mass is 377 g/mol. The second-order valence-electron chi connectivity index (χ2n) is 7.41. The topological polar surface area (TPSA) is 78.1 Å². The number of aromatic amines is 1. The zero-order chi connectivity index (χ0) is 19.3. The minimum Gasteiger partial charge on any atom is -0.494 e. The van der Waals surface area contributed by atoms with Gasteiger partial charge in [-0.05, 0) is 44.0 Å². The lowest BCUT2D eigenvalue weighted by Crippen LogP contribution is -2.22. The van der Waals surface area contributed by atoms with Gasteiger partial charge in [-0.3, -0.25) is 5.10 Å². The van der Waals surface area contributed by atoms with Crippen LogP contribution in [0.4, 0.5) is 5.82 Å². The van der Waals surface area contributed by atoms with E-state index in [4.69, 9.17) is 9.72 Å². The van der Waals surface area contributed by atoms with Crippen molar-refractivity contribution >= 4 is 11.5 Å². The zero-order valence-corrected chi connectivity index (χ0v) is 16.4. The Morgan fingerprint density at radius 3 is 2.57 bits per heavy atom. The van der Waals surface area contributed by atoms with Crippen LogP contribution in [-0.4, -0.2) is 27.2 Å². The number of rotatable bonds is 5. The summed E-state index contributed by atoms with van der Waals surface area (Å²) in [5.41, 5.74) is 3.10. The van der Waals surface area contributed by atoms with Crippen molar-refractivity contribution in [2.45, 2.75) is 57.9 Å². The third-order valence-corrected chi connectivity index (χ3v) is 5.46. The van der Waals surface area contributed by atoms with Crippen LogP contribution < -0.4 is 10.1 Å². The molecule has 1 aliphatic carbocycles. The Balaban J connectivity index is 1.71. The summed E-state index contributed by atoms with van der Waals surface area (Å²) in [6, 6.07) is 10.7. The number of nitrogens with one attached hydrogen (secondary N) is 2. The van der Waals surface area contributed by atoms with Crippen molar-refractivity contribution in [3.05, 3.63) is 36.0 Å². The van der Waals surface area contributed by atoms with Gasteiger partial charge in [0.15, 0.2) is 11.5 Å². The van der Waals surface area contributed by atoms with E-state index in [2.05, 4.69) is 16.5 Å². The van der Waals surface area contributed by atoms with E-state index in [-0.39, 0.29) is 0 Å². The molecule has 0 saturated heterocycles. The molecule has 0 bridgehead atoms. The predicted molar refractivity (Wildman–Crippen MR) is 111 cm³/mol. The van der Waals surface area contributed by atoms with Gasteiger partial charge in [0.1, 0.15) is 23.1 Å². The molecule has 0 aliphatic heterocycles. The van der Waals surface area contributed by atoms with E-state index >= 15 is 0 Å². The lowest BCUT2D eigenvalue weighted by Gasteiger charge is -2.22. The fourth-order valence-electron chi connectivity index (χ4n) is 4.01. The molecule has 3 aromatic rings. The minimum absolute atomic E-state index is 0.426. The van der Waals surface area contributed by atoms with Crippen molar-refractivity contribution < 1.29 is 4.74 Å². The second kappa shape index (κ2) is 8.39. The first-order valence-electron chi connectivity index (χ1n) is 10.3. The maximum absolute atomic E-state index is 9.42. The van der Waals surface area contributed by atoms with Crippen molar-refractivity contribution in [3.8, 4) is 23.1 Å². The normalized spacial score (nSPS) is 15.7. The molecular weight excluding hydrogens is 350 g/mol. The van der Waals surface area contributed by atoms with E-state index in [9.17, 15) is 5.26 Å². The molecule has 6 nitrogen and oxygen atoms in total. The summed E-state index contributed by atoms with van der Waals surface area (Å²) in [4.78, 5) is 4.80. The van der Waals surface area contributed by atoms with Gasteiger partial charge in [-0.1, -0.05) is 32.1 Å². The highest BCUT2D eigenvalue weighted by Gasteiger charge is 2.21. The van der Waals surface area contributed by atoms with Gasteiger partial charge in [0.25, 0.3) is 0 Å². The maximum atomic E-state index is 9.42. The number of nitriles is 1. The number of nitrogens with zero attached hydrogens (tertiary/aromatic N) is 3. The van der Waals surface area contributed by atoms with Crippen molar-refractivity contribution in [2.24, 2.45) is 0 Å². The Labute approximate surface area is 165 Å². The quantitative estimate of drug-likeness (QED) is 0.646. The molecule has 6 heteroatoms. The summed E-state index contributed by atoms with van der Waals surface area (Å²) in [6.45, 7) is 2.62. The van der Waals surface area contributed by atoms with Crippen LogP contribution in [-0.2, 0) is 0 Å². The third kappa shape index (κ3) is 3.70. The number of ether oxygens (including phenoxy) is 1. The Hall–Kier alpha value is -2.94. The van der Waals surface area contributed by atoms with Crippen LogP contribution in [0.3, 0.4) is 0 Å². The van der Waals surface area contributed by atoms with Gasteiger partial charge in [0.05, 0.1) is 6.61 Å². The van der Waals surface area contributed by atoms with Crippen LogP contribution in [0.2, 0.25) is 0 Å². The van der Waals surface area contributed by atoms with Crippen LogP contribution in [0.5, 0.6) is 5.75 Å². The summed E-state index contributed by atoms with van der Waals surface area (Å²) in [5.74, 6) is 1.79. The minimum atomic E-state index is 0.426. The first kappa shape index (κ1) is 18.4. The molecule has 0 amide bonds. The summed E-state index contributed by atoms with van der Waals surface area (Å²) < 4.78 is 7.47. The van der Waals surface area contributed by atoms with Crippen molar-refractivity contribution in [3.63, 3.8) is 0 Å². The molecule has 146 valence electrons. The van der Waals surface area contributed by atoms with E-state index in [1.807, 2.05) is 35.7 Å². The predicted octanol–water partition coefficient (Wildman–Crippen LogP) is 5.12. The molecule has 2 heterocycles. The summed E-state index contributed by atoms with van der Waals surface area (Å²) in [7, 11) is 0. The zero-order valence-electron chi connectivity index (χ0n) is 16.4. The van der Waals surface area contributed by atoms with Crippen LogP contribution >= 0.6 is 0 Å². The highest BCUT2D eigenvalue weighted by Crippen LogP contribution is 2.32. The molecule has 2 N–H and O–H groups in total. The van der Waals surface area contributed by atoms with Gasteiger partial charge in [0.2, 0.25) is 0 Å². The van der Waals surface area contributed by atoms with Crippen LogP contribution in [0.15, 0.2) is 30.5 Å². The Morgan fingerprint density at radius 2 is 1.89 bits per heavy atom. The summed E-state index contributed by atoms with van der Waals surface area (Å²) in [5, 5.41) is 16.4. The Kier molecular flexibility index (Phi) is 5.52. The molecule has 1 aromatic carbocycles. The molecule has 2 aromatic heterocycles. The smallest absolute Gasteiger partial charge is 0.173 e. The summed E-state index contributed by atoms with van der Waals surface area (Å²) in [6.07, 6.45) is 10.5. The average molecular weight is 377 g/mol. The Bertz CT molecular complexity index is 955. The molecule has 0 atom stereocenters. The van der Waals surface area contributed by atoms with Gasteiger partial charge in [-0.25, -0.2) is 9.50 Å². The van der Waals surface area contributed by atoms with Gasteiger partial charge in [-0.15, -0.1) is 0 Å². The average Bonchev–Trinajstić information content (AvgIpc) is 3.24. The number of imidazole rings is 1. The molecular formula is C22H27N5O. The number of hydrogen-bond donors (Lipinski definition) is 2. The van der Waals surface area contributed by atoms with Gasteiger partial charge in [0, 0.05) is 17.8 Å². The molecule has 28 heavy (non-hydrogen) atoms. The van der Waals surface area contributed by atoms with E-state index in [0.29, 0.717) is 23.9 Å². The van der Waals surface area contributed by atoms with Gasteiger partial charge in [-0.2, -0.15) is 5.26 Å². The molecule has 0 spiro atoms. The number of hydrogen-bond acceptors (Lipinski definition) is 4. The fraction of sp³-hybridized carbons (Fsp3) is 0.455. The van der Waals surface area contributed by atoms with Crippen LogP contribution in [0.25, 0.3) is 16.9 Å². The standard InChI is InChI=1S/C22H27N5O/c1-2-28-19-12-10-16(11-13-19)20-22(25-18-8-6-4-3-5-7-9-18)27-21(26-20)17(14-23)15-24-27/h10-13,15,18,24-25H,2-9H2,1H3. The van der Waals surface area contributed by atoms with E-state index in [0.717, 1.165) is 22.8 Å². The van der Waals surface area contributed by atoms with Gasteiger partial charge < -0.3 is 10.1 Å². The molecule has 1 aliphatic rings. The van der Waals surface area contributed by atoms with Crippen LogP contribution in [0.1, 0.15) is 57.4 Å². The molecule has 4 rings (SSSR count). The van der Waals surface area contributed by atoms with E-state index < -0.39 is 0 Å². The molecule has 1 saturated carbocycles. The van der Waals surface area contributed by atoms with E-state index in [1.165, 1.54) is 44.9 Å². The highest BCUT2D eigenvalue weighted by molar-refractivity contribution is 5.78. The maximum Gasteiger partial charge on any atom is 0.173 e. The number of benzene rings is 1.